The average Bonchev–Trinajstić information content (AvgIpc) is 2.69. The Hall–Kier alpha value is -1.89. The van der Waals surface area contributed by atoms with Gasteiger partial charge < -0.3 is 0 Å². The molecule has 26 heavy (non-hydrogen) atoms. The van der Waals surface area contributed by atoms with Gasteiger partial charge in [-0.15, -0.1) is 0 Å². The van der Waals surface area contributed by atoms with Gasteiger partial charge in [-0.3, -0.25) is 0 Å². The van der Waals surface area contributed by atoms with Crippen LogP contribution in [0, 0.1) is 11.7 Å². The molecule has 0 N–H and O–H groups in total. The molecule has 0 radical (unpaired) electrons. The first-order valence-electron chi connectivity index (χ1n) is 10.3. The quantitative estimate of drug-likeness (QED) is 0.423. The van der Waals surface area contributed by atoms with Crippen LogP contribution in [0.4, 0.5) is 4.39 Å². The zero-order valence-electron chi connectivity index (χ0n) is 16.0. The smallest absolute Gasteiger partial charge is 0.123 e. The molecule has 1 atom stereocenters. The Bertz CT molecular complexity index is 694. The van der Waals surface area contributed by atoms with Crippen molar-refractivity contribution in [3.63, 3.8) is 0 Å². The molecule has 0 heterocycles. The van der Waals surface area contributed by atoms with Gasteiger partial charge in [0.1, 0.15) is 5.82 Å². The predicted molar refractivity (Wildman–Crippen MR) is 111 cm³/mol. The van der Waals surface area contributed by atoms with Gasteiger partial charge >= 0.3 is 0 Å². The van der Waals surface area contributed by atoms with Crippen molar-refractivity contribution in [3.8, 4) is 11.1 Å². The minimum absolute atomic E-state index is 0.183. The van der Waals surface area contributed by atoms with E-state index < -0.39 is 0 Å². The third-order valence-corrected chi connectivity index (χ3v) is 5.67. The topological polar surface area (TPSA) is 0 Å². The lowest BCUT2D eigenvalue weighted by molar-refractivity contribution is 0.423. The molecule has 2 aromatic carbocycles. The molecule has 0 aliphatic heterocycles. The molecule has 1 aliphatic carbocycles. The highest BCUT2D eigenvalue weighted by Crippen LogP contribution is 2.33. The molecule has 0 bridgehead atoms. The molecule has 0 spiro atoms. The summed E-state index contributed by atoms with van der Waals surface area (Å²) in [5, 5.41) is 0. The number of halogens is 1. The van der Waals surface area contributed by atoms with Gasteiger partial charge in [0.15, 0.2) is 0 Å². The minimum Gasteiger partial charge on any atom is -0.207 e. The molecule has 1 unspecified atom stereocenters. The van der Waals surface area contributed by atoms with Crippen molar-refractivity contribution in [2.75, 3.05) is 0 Å². The number of rotatable bonds is 8. The van der Waals surface area contributed by atoms with E-state index in [-0.39, 0.29) is 5.82 Å². The minimum atomic E-state index is -0.183. The third-order valence-electron chi connectivity index (χ3n) is 5.67. The monoisotopic (exact) mass is 350 g/mol. The molecule has 0 aromatic heterocycles. The van der Waals surface area contributed by atoms with Crippen molar-refractivity contribution in [3.05, 3.63) is 66.0 Å². The summed E-state index contributed by atoms with van der Waals surface area (Å²) in [5.41, 5.74) is 5.06. The lowest BCUT2D eigenvalue weighted by atomic mass is 9.83. The van der Waals surface area contributed by atoms with Crippen LogP contribution in [0.25, 0.3) is 16.7 Å². The van der Waals surface area contributed by atoms with Crippen LogP contribution in [0.2, 0.25) is 0 Å². The molecule has 1 aliphatic rings. The van der Waals surface area contributed by atoms with E-state index in [1.54, 1.807) is 0 Å². The molecule has 0 fully saturated rings. The zero-order valence-corrected chi connectivity index (χ0v) is 16.0. The Morgan fingerprint density at radius 2 is 1.42 bits per heavy atom. The summed E-state index contributed by atoms with van der Waals surface area (Å²) in [5.74, 6) is 0.705. The van der Waals surface area contributed by atoms with Crippen LogP contribution >= 0.6 is 0 Å². The van der Waals surface area contributed by atoms with E-state index >= 15 is 0 Å². The van der Waals surface area contributed by atoms with Crippen molar-refractivity contribution in [2.45, 2.75) is 64.7 Å². The lowest BCUT2D eigenvalue weighted by Gasteiger charge is -2.22. The normalized spacial score (nSPS) is 17.2. The fourth-order valence-electron chi connectivity index (χ4n) is 3.97. The van der Waals surface area contributed by atoms with Crippen LogP contribution in [0.1, 0.15) is 70.3 Å². The van der Waals surface area contributed by atoms with Gasteiger partial charge in [0.05, 0.1) is 0 Å². The molecule has 2 aromatic rings. The SMILES string of the molecule is CCCCCCCC1CC=C(c2ccc(-c3ccc(F)cc3)cc2)CC1. The standard InChI is InChI=1S/C25H31F/c1-2-3-4-5-6-7-20-8-10-21(11-9-20)22-12-14-23(15-13-22)24-16-18-25(26)19-17-24/h10,12-20H,2-9,11H2,1H3. The van der Waals surface area contributed by atoms with Crippen LogP contribution in [0.5, 0.6) is 0 Å². The van der Waals surface area contributed by atoms with Crippen LogP contribution in [-0.2, 0) is 0 Å². The Labute approximate surface area is 158 Å². The molecule has 0 saturated heterocycles. The van der Waals surface area contributed by atoms with Crippen molar-refractivity contribution < 1.29 is 4.39 Å². The molecule has 0 saturated carbocycles. The van der Waals surface area contributed by atoms with Crippen LogP contribution in [0.15, 0.2) is 54.6 Å². The molecule has 1 heteroatoms. The first kappa shape index (κ1) is 18.9. The van der Waals surface area contributed by atoms with Crippen molar-refractivity contribution >= 4 is 5.57 Å². The Balaban J connectivity index is 1.53. The predicted octanol–water partition coefficient (Wildman–Crippen LogP) is 8.04. The Kier molecular flexibility index (Phi) is 7.05. The molecule has 0 amide bonds. The number of hydrogen-bond acceptors (Lipinski definition) is 0. The summed E-state index contributed by atoms with van der Waals surface area (Å²) < 4.78 is 13.1. The van der Waals surface area contributed by atoms with E-state index in [0.717, 1.165) is 17.0 Å². The molecule has 0 nitrogen and oxygen atoms in total. The highest BCUT2D eigenvalue weighted by atomic mass is 19.1. The molecule has 3 rings (SSSR count). The fraction of sp³-hybridized carbons (Fsp3) is 0.440. The fourth-order valence-corrected chi connectivity index (χ4v) is 3.97. The number of allylic oxidation sites excluding steroid dienone is 2. The van der Waals surface area contributed by atoms with E-state index in [1.165, 1.54) is 81.1 Å². The van der Waals surface area contributed by atoms with Crippen molar-refractivity contribution in [2.24, 2.45) is 5.92 Å². The first-order chi connectivity index (χ1) is 12.8. The average molecular weight is 351 g/mol. The van der Waals surface area contributed by atoms with Crippen molar-refractivity contribution in [1.82, 2.24) is 0 Å². The van der Waals surface area contributed by atoms with E-state index in [9.17, 15) is 4.39 Å². The van der Waals surface area contributed by atoms with Crippen LogP contribution in [0.3, 0.4) is 0 Å². The lowest BCUT2D eigenvalue weighted by Crippen LogP contribution is -2.05. The first-order valence-corrected chi connectivity index (χ1v) is 10.3. The van der Waals surface area contributed by atoms with Crippen LogP contribution < -0.4 is 0 Å². The van der Waals surface area contributed by atoms with E-state index in [4.69, 9.17) is 0 Å². The second-order valence-corrected chi connectivity index (χ2v) is 7.66. The summed E-state index contributed by atoms with van der Waals surface area (Å²) in [6, 6.07) is 15.5. The summed E-state index contributed by atoms with van der Waals surface area (Å²) in [6.45, 7) is 2.28. The van der Waals surface area contributed by atoms with Gasteiger partial charge in [0, 0.05) is 0 Å². The Morgan fingerprint density at radius 3 is 2.04 bits per heavy atom. The second-order valence-electron chi connectivity index (χ2n) is 7.66. The zero-order chi connectivity index (χ0) is 18.2. The Morgan fingerprint density at radius 1 is 0.808 bits per heavy atom. The van der Waals surface area contributed by atoms with E-state index in [2.05, 4.69) is 37.3 Å². The van der Waals surface area contributed by atoms with Gasteiger partial charge in [-0.1, -0.05) is 87.9 Å². The highest BCUT2D eigenvalue weighted by molar-refractivity contribution is 5.70. The van der Waals surface area contributed by atoms with Gasteiger partial charge in [0.2, 0.25) is 0 Å². The second kappa shape index (κ2) is 9.71. The van der Waals surface area contributed by atoms with E-state index in [0.29, 0.717) is 0 Å². The van der Waals surface area contributed by atoms with Gasteiger partial charge in [-0.05, 0) is 59.6 Å². The molecule has 138 valence electrons. The summed E-state index contributed by atoms with van der Waals surface area (Å²) >= 11 is 0. The number of hydrogen-bond donors (Lipinski definition) is 0. The maximum atomic E-state index is 13.1. The maximum Gasteiger partial charge on any atom is 0.123 e. The summed E-state index contributed by atoms with van der Waals surface area (Å²) in [6.07, 6.45) is 14.6. The number of benzene rings is 2. The number of unbranched alkanes of at least 4 members (excludes halogenated alkanes) is 4. The van der Waals surface area contributed by atoms with Crippen LogP contribution in [-0.4, -0.2) is 0 Å². The maximum absolute atomic E-state index is 13.1. The van der Waals surface area contributed by atoms with E-state index in [1.807, 2.05) is 12.1 Å². The van der Waals surface area contributed by atoms with Gasteiger partial charge in [0.25, 0.3) is 0 Å². The molecular weight excluding hydrogens is 319 g/mol. The largest absolute Gasteiger partial charge is 0.207 e. The van der Waals surface area contributed by atoms with Gasteiger partial charge in [-0.2, -0.15) is 0 Å². The summed E-state index contributed by atoms with van der Waals surface area (Å²) in [4.78, 5) is 0. The van der Waals surface area contributed by atoms with Gasteiger partial charge in [-0.25, -0.2) is 4.39 Å². The molecular formula is C25H31F. The van der Waals surface area contributed by atoms with Crippen molar-refractivity contribution in [1.29, 1.82) is 0 Å². The summed E-state index contributed by atoms with van der Waals surface area (Å²) in [7, 11) is 0. The third kappa shape index (κ3) is 5.30. The highest BCUT2D eigenvalue weighted by Gasteiger charge is 2.15.